The molecule has 0 bridgehead atoms. The molecular formula is C31H35ClN4O8S. The van der Waals surface area contributed by atoms with E-state index in [4.69, 9.17) is 26.8 Å². The molecule has 1 saturated heterocycles. The minimum Gasteiger partial charge on any atom is -0.493 e. The normalized spacial score (nSPS) is 15.4. The SMILES string of the molecule is COc1ccc([C@H](Nc2cc(C(N)=O)ccc2Cl)C(=O)N2CCC[C@@H]2c2cc(NC(=O)O)ccc2S(=O)(=O)C(C)C)cc1OC. The molecular weight excluding hydrogens is 624 g/mol. The minimum atomic E-state index is -3.82. The van der Waals surface area contributed by atoms with E-state index in [9.17, 15) is 27.9 Å². The number of carbonyl (C=O) groups is 3. The van der Waals surface area contributed by atoms with Crippen molar-refractivity contribution in [3.05, 3.63) is 76.3 Å². The number of carboxylic acid groups (broad SMARTS) is 1. The second-order valence-corrected chi connectivity index (χ2v) is 13.6. The lowest BCUT2D eigenvalue weighted by molar-refractivity contribution is -0.133. The molecule has 240 valence electrons. The van der Waals surface area contributed by atoms with Crippen LogP contribution in [0.15, 0.2) is 59.5 Å². The van der Waals surface area contributed by atoms with E-state index in [0.717, 1.165) is 0 Å². The van der Waals surface area contributed by atoms with Crippen LogP contribution in [0, 0.1) is 0 Å². The highest BCUT2D eigenvalue weighted by Gasteiger charge is 2.38. The molecule has 0 unspecified atom stereocenters. The molecule has 0 spiro atoms. The lowest BCUT2D eigenvalue weighted by atomic mass is 10.0. The van der Waals surface area contributed by atoms with Crippen LogP contribution in [0.5, 0.6) is 11.5 Å². The van der Waals surface area contributed by atoms with Crippen LogP contribution >= 0.6 is 11.6 Å². The second kappa shape index (κ2) is 13.7. The Kier molecular flexibility index (Phi) is 10.1. The molecule has 0 saturated carbocycles. The first kappa shape index (κ1) is 33.4. The number of rotatable bonds is 11. The molecule has 3 aromatic rings. The topological polar surface area (TPSA) is 177 Å². The molecule has 12 nitrogen and oxygen atoms in total. The summed E-state index contributed by atoms with van der Waals surface area (Å²) in [5.41, 5.74) is 6.88. The first-order valence-corrected chi connectivity index (χ1v) is 16.0. The Morgan fingerprint density at radius 3 is 2.36 bits per heavy atom. The van der Waals surface area contributed by atoms with E-state index < -0.39 is 45.1 Å². The number of hydrogen-bond donors (Lipinski definition) is 4. The molecule has 3 amide bonds. The molecule has 1 heterocycles. The van der Waals surface area contributed by atoms with Crippen molar-refractivity contribution in [2.75, 3.05) is 31.4 Å². The maximum atomic E-state index is 14.6. The van der Waals surface area contributed by atoms with Crippen molar-refractivity contribution in [1.82, 2.24) is 4.90 Å². The zero-order chi connectivity index (χ0) is 33.1. The maximum Gasteiger partial charge on any atom is 0.409 e. The quantitative estimate of drug-likeness (QED) is 0.214. The number of ether oxygens (including phenoxy) is 2. The molecule has 45 heavy (non-hydrogen) atoms. The number of methoxy groups -OCH3 is 2. The summed E-state index contributed by atoms with van der Waals surface area (Å²) < 4.78 is 37.7. The molecule has 0 radical (unpaired) electrons. The van der Waals surface area contributed by atoms with Gasteiger partial charge in [0.25, 0.3) is 0 Å². The van der Waals surface area contributed by atoms with Crippen LogP contribution in [0.2, 0.25) is 5.02 Å². The van der Waals surface area contributed by atoms with Gasteiger partial charge in [0, 0.05) is 17.8 Å². The van der Waals surface area contributed by atoms with Crippen LogP contribution in [-0.2, 0) is 14.6 Å². The Labute approximate surface area is 266 Å². The maximum absolute atomic E-state index is 14.6. The van der Waals surface area contributed by atoms with E-state index in [1.165, 1.54) is 50.6 Å². The zero-order valence-electron chi connectivity index (χ0n) is 25.2. The Hall–Kier alpha value is -4.49. The van der Waals surface area contributed by atoms with Crippen molar-refractivity contribution in [1.29, 1.82) is 0 Å². The summed E-state index contributed by atoms with van der Waals surface area (Å²) in [4.78, 5) is 39.5. The summed E-state index contributed by atoms with van der Waals surface area (Å²) in [6.45, 7) is 3.41. The van der Waals surface area contributed by atoms with Gasteiger partial charge in [-0.25, -0.2) is 13.2 Å². The van der Waals surface area contributed by atoms with Gasteiger partial charge in [-0.15, -0.1) is 0 Å². The van der Waals surface area contributed by atoms with E-state index in [-0.39, 0.29) is 26.9 Å². The van der Waals surface area contributed by atoms with Crippen LogP contribution < -0.4 is 25.8 Å². The molecule has 0 aliphatic carbocycles. The van der Waals surface area contributed by atoms with Gasteiger partial charge >= 0.3 is 6.09 Å². The van der Waals surface area contributed by atoms with Gasteiger partial charge in [-0.3, -0.25) is 14.9 Å². The molecule has 5 N–H and O–H groups in total. The van der Waals surface area contributed by atoms with E-state index >= 15 is 0 Å². The standard InChI is InChI=1S/C31H35ClN4O8S/c1-17(2)45(41,42)27-12-9-20(34-31(39)40)16-21(27)24-6-5-13-36(24)30(38)28(18-8-11-25(43-3)26(15-18)44-4)35-23-14-19(29(33)37)7-10-22(23)32/h7-12,14-17,24,28,34-35H,5-6,13H2,1-4H3,(H2,33,37)(H,39,40)/t24-,28+/m1/s1. The molecule has 4 rings (SSSR count). The smallest absolute Gasteiger partial charge is 0.409 e. The number of primary amides is 1. The summed E-state index contributed by atoms with van der Waals surface area (Å²) in [7, 11) is -0.869. The highest BCUT2D eigenvalue weighted by Crippen LogP contribution is 2.41. The summed E-state index contributed by atoms with van der Waals surface area (Å²) in [5, 5.41) is 14.2. The van der Waals surface area contributed by atoms with Gasteiger partial charge in [-0.1, -0.05) is 17.7 Å². The largest absolute Gasteiger partial charge is 0.493 e. The van der Waals surface area contributed by atoms with Crippen LogP contribution in [-0.4, -0.2) is 62.3 Å². The summed E-state index contributed by atoms with van der Waals surface area (Å²) >= 11 is 6.48. The van der Waals surface area contributed by atoms with Crippen LogP contribution in [0.3, 0.4) is 0 Å². The number of anilines is 2. The Balaban J connectivity index is 1.85. The fourth-order valence-electron chi connectivity index (χ4n) is 5.31. The van der Waals surface area contributed by atoms with Crippen molar-refractivity contribution >= 4 is 50.7 Å². The number of likely N-dealkylation sites (tertiary alicyclic amines) is 1. The number of nitrogens with zero attached hydrogens (tertiary/aromatic N) is 1. The predicted molar refractivity (Wildman–Crippen MR) is 170 cm³/mol. The van der Waals surface area contributed by atoms with Crippen molar-refractivity contribution in [2.24, 2.45) is 5.73 Å². The van der Waals surface area contributed by atoms with Gasteiger partial charge in [-0.05, 0) is 86.3 Å². The predicted octanol–water partition coefficient (Wildman–Crippen LogP) is 5.25. The number of sulfone groups is 1. The Morgan fingerprint density at radius 1 is 1.02 bits per heavy atom. The van der Waals surface area contributed by atoms with E-state index in [1.54, 1.807) is 36.9 Å². The van der Waals surface area contributed by atoms with Gasteiger partial charge < -0.3 is 30.5 Å². The number of nitrogens with two attached hydrogens (primary N) is 1. The van der Waals surface area contributed by atoms with E-state index in [0.29, 0.717) is 42.0 Å². The van der Waals surface area contributed by atoms with Crippen LogP contribution in [0.4, 0.5) is 16.2 Å². The lowest BCUT2D eigenvalue weighted by Gasteiger charge is -2.32. The molecule has 1 fully saturated rings. The number of carbonyl (C=O) groups excluding carboxylic acids is 2. The minimum absolute atomic E-state index is 0.0194. The Morgan fingerprint density at radius 2 is 1.73 bits per heavy atom. The first-order valence-electron chi connectivity index (χ1n) is 14.0. The number of benzene rings is 3. The summed E-state index contributed by atoms with van der Waals surface area (Å²) in [6.07, 6.45) is -0.322. The molecule has 14 heteroatoms. The fourth-order valence-corrected chi connectivity index (χ4v) is 6.77. The molecule has 1 aliphatic rings. The summed E-state index contributed by atoms with van der Waals surface area (Å²) in [6, 6.07) is 11.8. The average Bonchev–Trinajstić information content (AvgIpc) is 3.49. The van der Waals surface area contributed by atoms with Gasteiger partial charge in [0.05, 0.1) is 41.1 Å². The fraction of sp³-hybridized carbons (Fsp3) is 0.323. The molecule has 1 aliphatic heterocycles. The van der Waals surface area contributed by atoms with E-state index in [1.807, 2.05) is 0 Å². The number of amides is 3. The third-order valence-electron chi connectivity index (χ3n) is 7.62. The third kappa shape index (κ3) is 7.10. The number of hydrogen-bond acceptors (Lipinski definition) is 8. The first-order chi connectivity index (χ1) is 21.3. The average molecular weight is 659 g/mol. The molecule has 0 aromatic heterocycles. The van der Waals surface area contributed by atoms with Crippen molar-refractivity contribution in [3.63, 3.8) is 0 Å². The van der Waals surface area contributed by atoms with Crippen LogP contribution in [0.25, 0.3) is 0 Å². The van der Waals surface area contributed by atoms with Gasteiger partial charge in [-0.2, -0.15) is 0 Å². The monoisotopic (exact) mass is 658 g/mol. The Bertz CT molecular complexity index is 1730. The van der Waals surface area contributed by atoms with Crippen LogP contribution in [0.1, 0.15) is 60.3 Å². The highest BCUT2D eigenvalue weighted by atomic mass is 35.5. The van der Waals surface area contributed by atoms with Gasteiger partial charge in [0.15, 0.2) is 21.3 Å². The third-order valence-corrected chi connectivity index (χ3v) is 10.2. The molecule has 3 aromatic carbocycles. The second-order valence-electron chi connectivity index (χ2n) is 10.7. The van der Waals surface area contributed by atoms with Crippen molar-refractivity contribution < 1.29 is 37.4 Å². The lowest BCUT2D eigenvalue weighted by Crippen LogP contribution is -2.38. The van der Waals surface area contributed by atoms with E-state index in [2.05, 4.69) is 10.6 Å². The van der Waals surface area contributed by atoms with Gasteiger partial charge in [0.2, 0.25) is 11.8 Å². The zero-order valence-corrected chi connectivity index (χ0v) is 26.7. The molecule has 2 atom stereocenters. The number of nitrogens with one attached hydrogen (secondary N) is 2. The summed E-state index contributed by atoms with van der Waals surface area (Å²) in [5.74, 6) is -0.305. The number of halogens is 1. The van der Waals surface area contributed by atoms with Gasteiger partial charge in [0.1, 0.15) is 6.04 Å². The highest BCUT2D eigenvalue weighted by molar-refractivity contribution is 7.92. The van der Waals surface area contributed by atoms with Crippen molar-refractivity contribution in [3.8, 4) is 11.5 Å². The van der Waals surface area contributed by atoms with Crippen molar-refractivity contribution in [2.45, 2.75) is 48.9 Å².